The Balaban J connectivity index is 2.00. The molecule has 0 bridgehead atoms. The van der Waals surface area contributed by atoms with Crippen LogP contribution in [-0.4, -0.2) is 38.1 Å². The first kappa shape index (κ1) is 14.9. The third kappa shape index (κ3) is 4.24. The molecule has 0 aromatic heterocycles. The molecule has 0 amide bonds. The zero-order chi connectivity index (χ0) is 14.2. The van der Waals surface area contributed by atoms with Gasteiger partial charge in [-0.05, 0) is 30.5 Å². The molecule has 4 nitrogen and oxygen atoms in total. The number of hydrogen-bond donors (Lipinski definition) is 1. The molecule has 1 heterocycles. The minimum Gasteiger partial charge on any atom is -0.495 e. The zero-order valence-corrected chi connectivity index (χ0v) is 11.7. The number of benzene rings is 1. The predicted molar refractivity (Wildman–Crippen MR) is 75.6 cm³/mol. The van der Waals surface area contributed by atoms with Crippen LogP contribution in [0.15, 0.2) is 18.2 Å². The molecule has 108 valence electrons. The number of methoxy groups -OCH3 is 1. The van der Waals surface area contributed by atoms with Gasteiger partial charge in [0.25, 0.3) is 0 Å². The Morgan fingerprint density at radius 2 is 2.15 bits per heavy atom. The molecule has 1 aromatic rings. The van der Waals surface area contributed by atoms with Crippen molar-refractivity contribution in [2.75, 3.05) is 26.9 Å². The molecule has 1 fully saturated rings. The molecule has 2 rings (SSSR count). The highest BCUT2D eigenvalue weighted by Gasteiger charge is 2.14. The molecule has 0 radical (unpaired) electrons. The number of hydrogen-bond acceptors (Lipinski definition) is 4. The molecular weight excluding hydrogens is 256 g/mol. The van der Waals surface area contributed by atoms with Crippen molar-refractivity contribution in [2.24, 2.45) is 0 Å². The van der Waals surface area contributed by atoms with Crippen LogP contribution >= 0.6 is 0 Å². The van der Waals surface area contributed by atoms with E-state index >= 15 is 0 Å². The van der Waals surface area contributed by atoms with E-state index < -0.39 is 0 Å². The maximum atomic E-state index is 8.78. The molecule has 0 unspecified atom stereocenters. The van der Waals surface area contributed by atoms with Crippen LogP contribution in [0.4, 0.5) is 0 Å². The lowest BCUT2D eigenvalue weighted by molar-refractivity contribution is -0.0390. The Hall–Kier alpha value is -1.54. The van der Waals surface area contributed by atoms with E-state index in [-0.39, 0.29) is 12.7 Å². The van der Waals surface area contributed by atoms with Gasteiger partial charge in [-0.3, -0.25) is 0 Å². The average Bonchev–Trinajstić information content (AvgIpc) is 2.52. The van der Waals surface area contributed by atoms with Gasteiger partial charge in [-0.1, -0.05) is 17.9 Å². The van der Waals surface area contributed by atoms with Crippen LogP contribution in [0.5, 0.6) is 5.75 Å². The van der Waals surface area contributed by atoms with Gasteiger partial charge in [0.05, 0.1) is 25.4 Å². The minimum atomic E-state index is -0.161. The molecule has 20 heavy (non-hydrogen) atoms. The Bertz CT molecular complexity index is 481. The second kappa shape index (κ2) is 7.91. The van der Waals surface area contributed by atoms with Gasteiger partial charge >= 0.3 is 0 Å². The summed E-state index contributed by atoms with van der Waals surface area (Å²) in [6, 6.07) is 5.80. The molecule has 0 spiro atoms. The normalized spacial score (nSPS) is 15.5. The Kier molecular flexibility index (Phi) is 5.87. The van der Waals surface area contributed by atoms with E-state index in [1.807, 2.05) is 18.2 Å². The summed E-state index contributed by atoms with van der Waals surface area (Å²) in [5.74, 6) is 6.24. The first-order chi connectivity index (χ1) is 9.83. The molecule has 1 aromatic carbocycles. The lowest BCUT2D eigenvalue weighted by Crippen LogP contribution is -2.23. The third-order valence-corrected chi connectivity index (χ3v) is 3.22. The van der Waals surface area contributed by atoms with Crippen molar-refractivity contribution in [3.63, 3.8) is 0 Å². The molecule has 1 N–H and O–H groups in total. The number of aliphatic hydroxyl groups is 1. The molecule has 1 aliphatic heterocycles. The van der Waals surface area contributed by atoms with E-state index in [1.54, 1.807) is 7.11 Å². The smallest absolute Gasteiger partial charge is 0.134 e. The molecule has 1 saturated heterocycles. The van der Waals surface area contributed by atoms with Gasteiger partial charge in [0.15, 0.2) is 0 Å². The van der Waals surface area contributed by atoms with E-state index in [1.165, 1.54) is 0 Å². The van der Waals surface area contributed by atoms with Gasteiger partial charge in [-0.2, -0.15) is 0 Å². The third-order valence-electron chi connectivity index (χ3n) is 3.22. The van der Waals surface area contributed by atoms with Crippen LogP contribution in [0.25, 0.3) is 0 Å². The van der Waals surface area contributed by atoms with E-state index in [0.717, 1.165) is 37.2 Å². The Morgan fingerprint density at radius 3 is 2.85 bits per heavy atom. The van der Waals surface area contributed by atoms with Crippen molar-refractivity contribution >= 4 is 0 Å². The van der Waals surface area contributed by atoms with E-state index in [0.29, 0.717) is 12.4 Å². The summed E-state index contributed by atoms with van der Waals surface area (Å²) in [7, 11) is 1.61. The van der Waals surface area contributed by atoms with Crippen LogP contribution < -0.4 is 4.74 Å². The highest BCUT2D eigenvalue weighted by atomic mass is 16.5. The Morgan fingerprint density at radius 1 is 1.35 bits per heavy atom. The first-order valence-corrected chi connectivity index (χ1v) is 6.79. The summed E-state index contributed by atoms with van der Waals surface area (Å²) < 4.78 is 16.4. The summed E-state index contributed by atoms with van der Waals surface area (Å²) in [5.41, 5.74) is 1.83. The highest BCUT2D eigenvalue weighted by Crippen LogP contribution is 2.20. The summed E-state index contributed by atoms with van der Waals surface area (Å²) >= 11 is 0. The molecular formula is C16H20O4. The van der Waals surface area contributed by atoms with E-state index in [9.17, 15) is 0 Å². The minimum absolute atomic E-state index is 0.161. The Labute approximate surface area is 119 Å². The van der Waals surface area contributed by atoms with Crippen molar-refractivity contribution in [1.29, 1.82) is 0 Å². The fourth-order valence-electron chi connectivity index (χ4n) is 2.13. The summed E-state index contributed by atoms with van der Waals surface area (Å²) in [6.07, 6.45) is 2.18. The molecule has 0 atom stereocenters. The van der Waals surface area contributed by atoms with Gasteiger partial charge < -0.3 is 19.3 Å². The fourth-order valence-corrected chi connectivity index (χ4v) is 2.13. The fraction of sp³-hybridized carbons (Fsp3) is 0.500. The first-order valence-electron chi connectivity index (χ1n) is 6.79. The van der Waals surface area contributed by atoms with E-state index in [4.69, 9.17) is 19.3 Å². The van der Waals surface area contributed by atoms with Gasteiger partial charge in [-0.15, -0.1) is 0 Å². The number of rotatable bonds is 4. The maximum Gasteiger partial charge on any atom is 0.134 e. The van der Waals surface area contributed by atoms with Gasteiger partial charge in [-0.25, -0.2) is 0 Å². The zero-order valence-electron chi connectivity index (χ0n) is 11.7. The summed E-state index contributed by atoms with van der Waals surface area (Å²) in [5, 5.41) is 8.78. The van der Waals surface area contributed by atoms with Gasteiger partial charge in [0.1, 0.15) is 12.4 Å². The van der Waals surface area contributed by atoms with Gasteiger partial charge in [0, 0.05) is 13.2 Å². The number of ether oxygens (including phenoxy) is 3. The predicted octanol–water partition coefficient (Wildman–Crippen LogP) is 1.73. The largest absolute Gasteiger partial charge is 0.495 e. The summed E-state index contributed by atoms with van der Waals surface area (Å²) in [6.45, 7) is 1.95. The molecule has 0 aliphatic carbocycles. The van der Waals surface area contributed by atoms with Crippen molar-refractivity contribution < 1.29 is 19.3 Å². The average molecular weight is 276 g/mol. The number of aliphatic hydroxyl groups excluding tert-OH is 1. The second-order valence-corrected chi connectivity index (χ2v) is 4.62. The van der Waals surface area contributed by atoms with Gasteiger partial charge in [0.2, 0.25) is 0 Å². The molecule has 0 saturated carbocycles. The highest BCUT2D eigenvalue weighted by molar-refractivity contribution is 5.48. The molecule has 4 heteroatoms. The molecule has 1 aliphatic rings. The van der Waals surface area contributed by atoms with Crippen molar-refractivity contribution in [3.8, 4) is 17.6 Å². The van der Waals surface area contributed by atoms with Crippen molar-refractivity contribution in [3.05, 3.63) is 29.3 Å². The van der Waals surface area contributed by atoms with Crippen LogP contribution in [0.3, 0.4) is 0 Å². The van der Waals surface area contributed by atoms with Crippen LogP contribution in [-0.2, 0) is 16.1 Å². The van der Waals surface area contributed by atoms with E-state index in [2.05, 4.69) is 11.8 Å². The van der Waals surface area contributed by atoms with Crippen LogP contribution in [0.2, 0.25) is 0 Å². The monoisotopic (exact) mass is 276 g/mol. The topological polar surface area (TPSA) is 47.9 Å². The van der Waals surface area contributed by atoms with Crippen LogP contribution in [0.1, 0.15) is 24.0 Å². The van der Waals surface area contributed by atoms with Crippen molar-refractivity contribution in [1.82, 2.24) is 0 Å². The summed E-state index contributed by atoms with van der Waals surface area (Å²) in [4.78, 5) is 0. The van der Waals surface area contributed by atoms with Crippen molar-refractivity contribution in [2.45, 2.75) is 25.6 Å². The van der Waals surface area contributed by atoms with Crippen LogP contribution in [0, 0.1) is 11.8 Å². The lowest BCUT2D eigenvalue weighted by atomic mass is 10.1. The SMILES string of the molecule is COc1ccc(COC2CCOCC2)cc1C#CCO. The maximum absolute atomic E-state index is 8.78. The standard InChI is InChI=1S/C16H20O4/c1-18-16-5-4-13(11-14(16)3-2-8-17)12-20-15-6-9-19-10-7-15/h4-5,11,15,17H,6-10,12H2,1H3. The second-order valence-electron chi connectivity index (χ2n) is 4.62. The lowest BCUT2D eigenvalue weighted by Gasteiger charge is -2.22. The quantitative estimate of drug-likeness (QED) is 0.851.